The molecule has 2 aromatic rings. The van der Waals surface area contributed by atoms with Gasteiger partial charge in [-0.15, -0.1) is 0 Å². The van der Waals surface area contributed by atoms with Gasteiger partial charge in [-0.25, -0.2) is 9.97 Å². The summed E-state index contributed by atoms with van der Waals surface area (Å²) in [6.45, 7) is 7.09. The minimum atomic E-state index is 0.730. The second-order valence-electron chi connectivity index (χ2n) is 4.19. The van der Waals surface area contributed by atoms with E-state index in [1.807, 2.05) is 13.1 Å². The standard InChI is InChI=1S/C13H19N5/c1-5-10-9(3)12(14-6-2)17-13(16-10)11-7-8-15-18(11)4/h7-8H,5-6H2,1-4H3,(H,14,16,17). The van der Waals surface area contributed by atoms with Crippen LogP contribution in [-0.4, -0.2) is 26.3 Å². The molecule has 0 spiro atoms. The van der Waals surface area contributed by atoms with Crippen LogP contribution < -0.4 is 5.32 Å². The van der Waals surface area contributed by atoms with E-state index < -0.39 is 0 Å². The summed E-state index contributed by atoms with van der Waals surface area (Å²) in [5.74, 6) is 1.65. The number of aryl methyl sites for hydroxylation is 2. The third-order valence-corrected chi connectivity index (χ3v) is 2.98. The van der Waals surface area contributed by atoms with Crippen LogP contribution in [0.5, 0.6) is 0 Å². The van der Waals surface area contributed by atoms with E-state index in [0.717, 1.165) is 41.6 Å². The minimum Gasteiger partial charge on any atom is -0.370 e. The Labute approximate surface area is 107 Å². The number of rotatable bonds is 4. The summed E-state index contributed by atoms with van der Waals surface area (Å²) in [6.07, 6.45) is 2.66. The molecule has 0 aliphatic carbocycles. The zero-order valence-corrected chi connectivity index (χ0v) is 11.4. The molecule has 2 heterocycles. The molecule has 18 heavy (non-hydrogen) atoms. The molecule has 0 fully saturated rings. The lowest BCUT2D eigenvalue weighted by atomic mass is 10.2. The molecule has 96 valence electrons. The lowest BCUT2D eigenvalue weighted by molar-refractivity contribution is 0.768. The third-order valence-electron chi connectivity index (χ3n) is 2.98. The van der Waals surface area contributed by atoms with Crippen LogP contribution >= 0.6 is 0 Å². The van der Waals surface area contributed by atoms with E-state index in [9.17, 15) is 0 Å². The van der Waals surface area contributed by atoms with Crippen molar-refractivity contribution >= 4 is 5.82 Å². The molecule has 2 rings (SSSR count). The number of hydrogen-bond acceptors (Lipinski definition) is 4. The summed E-state index contributed by atoms with van der Waals surface area (Å²) in [4.78, 5) is 9.22. The molecule has 5 nitrogen and oxygen atoms in total. The maximum absolute atomic E-state index is 4.63. The van der Waals surface area contributed by atoms with Crippen molar-refractivity contribution in [3.8, 4) is 11.5 Å². The van der Waals surface area contributed by atoms with E-state index in [0.29, 0.717) is 0 Å². The van der Waals surface area contributed by atoms with Crippen LogP contribution in [0.3, 0.4) is 0 Å². The van der Waals surface area contributed by atoms with Gasteiger partial charge in [-0.1, -0.05) is 6.92 Å². The molecule has 0 aliphatic rings. The molecule has 0 unspecified atom stereocenters. The summed E-state index contributed by atoms with van der Waals surface area (Å²) in [5.41, 5.74) is 3.14. The Morgan fingerprint density at radius 1 is 1.28 bits per heavy atom. The number of nitrogens with zero attached hydrogens (tertiary/aromatic N) is 4. The topological polar surface area (TPSA) is 55.6 Å². The van der Waals surface area contributed by atoms with E-state index >= 15 is 0 Å². The molecule has 0 bridgehead atoms. The highest BCUT2D eigenvalue weighted by molar-refractivity contribution is 5.56. The molecule has 0 aliphatic heterocycles. The number of anilines is 1. The third kappa shape index (κ3) is 2.20. The average Bonchev–Trinajstić information content (AvgIpc) is 2.78. The van der Waals surface area contributed by atoms with E-state index in [2.05, 4.69) is 41.2 Å². The Balaban J connectivity index is 2.55. The second-order valence-corrected chi connectivity index (χ2v) is 4.19. The van der Waals surface area contributed by atoms with Gasteiger partial charge < -0.3 is 5.32 Å². The van der Waals surface area contributed by atoms with Crippen LogP contribution in [0.2, 0.25) is 0 Å². The van der Waals surface area contributed by atoms with Crippen LogP contribution in [0.4, 0.5) is 5.82 Å². The molecular weight excluding hydrogens is 226 g/mol. The molecule has 1 N–H and O–H groups in total. The molecule has 0 saturated heterocycles. The van der Waals surface area contributed by atoms with Crippen molar-refractivity contribution in [3.05, 3.63) is 23.5 Å². The van der Waals surface area contributed by atoms with Gasteiger partial charge in [-0.2, -0.15) is 5.10 Å². The molecule has 0 saturated carbocycles. The normalized spacial score (nSPS) is 10.7. The highest BCUT2D eigenvalue weighted by atomic mass is 15.3. The van der Waals surface area contributed by atoms with Gasteiger partial charge in [0.2, 0.25) is 0 Å². The van der Waals surface area contributed by atoms with E-state index in [4.69, 9.17) is 0 Å². The zero-order valence-electron chi connectivity index (χ0n) is 11.4. The molecular formula is C13H19N5. The van der Waals surface area contributed by atoms with Gasteiger partial charge in [-0.05, 0) is 26.3 Å². The molecule has 5 heteroatoms. The van der Waals surface area contributed by atoms with Crippen LogP contribution in [0.15, 0.2) is 12.3 Å². The van der Waals surface area contributed by atoms with E-state index in [1.54, 1.807) is 10.9 Å². The minimum absolute atomic E-state index is 0.730. The van der Waals surface area contributed by atoms with Crippen LogP contribution in [0, 0.1) is 6.92 Å². The maximum atomic E-state index is 4.63. The van der Waals surface area contributed by atoms with Crippen molar-refractivity contribution in [1.29, 1.82) is 0 Å². The maximum Gasteiger partial charge on any atom is 0.180 e. The van der Waals surface area contributed by atoms with Crippen molar-refractivity contribution in [2.75, 3.05) is 11.9 Å². The van der Waals surface area contributed by atoms with Crippen molar-refractivity contribution in [3.63, 3.8) is 0 Å². The lowest BCUT2D eigenvalue weighted by Crippen LogP contribution is -2.08. The molecule has 0 amide bonds. The van der Waals surface area contributed by atoms with Gasteiger partial charge in [0, 0.05) is 31.0 Å². The van der Waals surface area contributed by atoms with Gasteiger partial charge in [-0.3, -0.25) is 4.68 Å². The van der Waals surface area contributed by atoms with Gasteiger partial charge in [0.1, 0.15) is 11.5 Å². The number of aromatic nitrogens is 4. The highest BCUT2D eigenvalue weighted by Gasteiger charge is 2.12. The Morgan fingerprint density at radius 2 is 2.06 bits per heavy atom. The van der Waals surface area contributed by atoms with Gasteiger partial charge in [0.05, 0.1) is 0 Å². The summed E-state index contributed by atoms with van der Waals surface area (Å²) < 4.78 is 1.79. The van der Waals surface area contributed by atoms with Crippen molar-refractivity contribution < 1.29 is 0 Å². The fraction of sp³-hybridized carbons (Fsp3) is 0.462. The Morgan fingerprint density at radius 3 is 2.61 bits per heavy atom. The summed E-state index contributed by atoms with van der Waals surface area (Å²) in [6, 6.07) is 1.93. The molecule has 2 aromatic heterocycles. The Hall–Kier alpha value is -1.91. The van der Waals surface area contributed by atoms with Gasteiger partial charge in [0.25, 0.3) is 0 Å². The predicted molar refractivity (Wildman–Crippen MR) is 72.5 cm³/mol. The fourth-order valence-corrected chi connectivity index (χ4v) is 1.95. The second kappa shape index (κ2) is 5.16. The molecule has 0 radical (unpaired) electrons. The largest absolute Gasteiger partial charge is 0.370 e. The van der Waals surface area contributed by atoms with E-state index in [-0.39, 0.29) is 0 Å². The van der Waals surface area contributed by atoms with Crippen molar-refractivity contribution in [2.24, 2.45) is 7.05 Å². The number of nitrogens with one attached hydrogen (secondary N) is 1. The van der Waals surface area contributed by atoms with Crippen LogP contribution in [-0.2, 0) is 13.5 Å². The lowest BCUT2D eigenvalue weighted by Gasteiger charge is -2.12. The zero-order chi connectivity index (χ0) is 13.1. The average molecular weight is 245 g/mol. The SMILES string of the molecule is CCNc1nc(-c2ccnn2C)nc(CC)c1C. The van der Waals surface area contributed by atoms with Crippen LogP contribution in [0.25, 0.3) is 11.5 Å². The fourth-order valence-electron chi connectivity index (χ4n) is 1.95. The summed E-state index contributed by atoms with van der Waals surface area (Å²) in [5, 5.41) is 7.45. The van der Waals surface area contributed by atoms with Gasteiger partial charge in [0.15, 0.2) is 5.82 Å². The first-order valence-corrected chi connectivity index (χ1v) is 6.27. The number of hydrogen-bond donors (Lipinski definition) is 1. The first kappa shape index (κ1) is 12.5. The smallest absolute Gasteiger partial charge is 0.180 e. The van der Waals surface area contributed by atoms with Crippen molar-refractivity contribution in [1.82, 2.24) is 19.7 Å². The highest BCUT2D eigenvalue weighted by Crippen LogP contribution is 2.21. The van der Waals surface area contributed by atoms with Crippen LogP contribution in [0.1, 0.15) is 25.1 Å². The summed E-state index contributed by atoms with van der Waals surface area (Å²) in [7, 11) is 1.90. The first-order valence-electron chi connectivity index (χ1n) is 6.27. The monoisotopic (exact) mass is 245 g/mol. The quantitative estimate of drug-likeness (QED) is 0.897. The van der Waals surface area contributed by atoms with E-state index in [1.165, 1.54) is 0 Å². The van der Waals surface area contributed by atoms with Gasteiger partial charge >= 0.3 is 0 Å². The Kier molecular flexibility index (Phi) is 3.60. The predicted octanol–water partition coefficient (Wildman–Crippen LogP) is 2.18. The first-order chi connectivity index (χ1) is 8.67. The Bertz CT molecular complexity index is 544. The molecule has 0 atom stereocenters. The van der Waals surface area contributed by atoms with Crippen molar-refractivity contribution in [2.45, 2.75) is 27.2 Å². The summed E-state index contributed by atoms with van der Waals surface area (Å²) >= 11 is 0. The molecule has 0 aromatic carbocycles.